The molecular weight excluding hydrogens is 318 g/mol. The molecule has 1 aliphatic heterocycles. The highest BCUT2D eigenvalue weighted by Gasteiger charge is 2.23. The zero-order valence-electron chi connectivity index (χ0n) is 11.7. The van der Waals surface area contributed by atoms with Crippen LogP contribution in [0.3, 0.4) is 0 Å². The van der Waals surface area contributed by atoms with E-state index in [1.165, 1.54) is 12.1 Å². The summed E-state index contributed by atoms with van der Waals surface area (Å²) in [5.41, 5.74) is 1.26. The van der Waals surface area contributed by atoms with Crippen molar-refractivity contribution in [2.24, 2.45) is 4.99 Å². The Morgan fingerprint density at radius 2 is 1.91 bits per heavy atom. The fourth-order valence-corrected chi connectivity index (χ4v) is 2.30. The minimum atomic E-state index is -0.579. The Labute approximate surface area is 136 Å². The molecule has 1 aliphatic rings. The van der Waals surface area contributed by atoms with Crippen LogP contribution < -0.4 is 5.32 Å². The van der Waals surface area contributed by atoms with Crippen LogP contribution in [0.1, 0.15) is 11.1 Å². The van der Waals surface area contributed by atoms with E-state index in [9.17, 15) is 14.9 Å². The van der Waals surface area contributed by atoms with E-state index in [1.54, 1.807) is 12.1 Å². The molecule has 0 radical (unpaired) electrons. The quantitative estimate of drug-likeness (QED) is 0.534. The molecule has 0 aliphatic carbocycles. The van der Waals surface area contributed by atoms with E-state index in [0.717, 1.165) is 5.56 Å². The molecule has 0 bridgehead atoms. The normalized spacial score (nSPS) is 15.4. The van der Waals surface area contributed by atoms with Gasteiger partial charge in [0.25, 0.3) is 11.6 Å². The number of nitrogens with one attached hydrogen (secondary N) is 1. The summed E-state index contributed by atoms with van der Waals surface area (Å²) in [5.74, 6) is -0.0987. The van der Waals surface area contributed by atoms with Crippen molar-refractivity contribution in [1.29, 1.82) is 0 Å². The van der Waals surface area contributed by atoms with E-state index in [1.807, 2.05) is 30.3 Å². The third kappa shape index (κ3) is 3.12. The maximum absolute atomic E-state index is 12.0. The third-order valence-corrected chi connectivity index (χ3v) is 3.54. The van der Waals surface area contributed by atoms with Crippen LogP contribution in [0, 0.1) is 10.1 Å². The van der Waals surface area contributed by atoms with E-state index in [4.69, 9.17) is 11.6 Å². The molecule has 6 nitrogen and oxygen atoms in total. The van der Waals surface area contributed by atoms with Crippen LogP contribution in [0.4, 0.5) is 5.69 Å². The lowest BCUT2D eigenvalue weighted by atomic mass is 10.2. The summed E-state index contributed by atoms with van der Waals surface area (Å²) in [4.78, 5) is 26.6. The molecule has 1 heterocycles. The lowest BCUT2D eigenvalue weighted by Crippen LogP contribution is -2.24. The summed E-state index contributed by atoms with van der Waals surface area (Å²) in [6, 6.07) is 13.5. The lowest BCUT2D eigenvalue weighted by molar-refractivity contribution is -0.384. The zero-order chi connectivity index (χ0) is 16.4. The van der Waals surface area contributed by atoms with Crippen molar-refractivity contribution in [1.82, 2.24) is 5.32 Å². The molecule has 1 amide bonds. The van der Waals surface area contributed by atoms with Gasteiger partial charge in [0.05, 0.1) is 4.92 Å². The first-order valence-corrected chi connectivity index (χ1v) is 7.03. The van der Waals surface area contributed by atoms with Gasteiger partial charge in [-0.3, -0.25) is 14.9 Å². The molecule has 0 saturated heterocycles. The van der Waals surface area contributed by atoms with Gasteiger partial charge in [-0.05, 0) is 23.8 Å². The van der Waals surface area contributed by atoms with Crippen LogP contribution in [-0.4, -0.2) is 16.7 Å². The lowest BCUT2D eigenvalue weighted by Gasteiger charge is -2.01. The van der Waals surface area contributed by atoms with Gasteiger partial charge in [0.2, 0.25) is 0 Å². The first kappa shape index (κ1) is 14.9. The molecular formula is C16H10ClN3O3. The summed E-state index contributed by atoms with van der Waals surface area (Å²) >= 11 is 5.78. The Morgan fingerprint density at radius 1 is 1.17 bits per heavy atom. The van der Waals surface area contributed by atoms with Gasteiger partial charge >= 0.3 is 0 Å². The van der Waals surface area contributed by atoms with Crippen LogP contribution in [0.15, 0.2) is 59.2 Å². The van der Waals surface area contributed by atoms with Crippen molar-refractivity contribution in [2.45, 2.75) is 0 Å². The van der Waals surface area contributed by atoms with Gasteiger partial charge in [-0.25, -0.2) is 4.99 Å². The number of carbonyl (C=O) groups excluding carboxylic acids is 1. The summed E-state index contributed by atoms with van der Waals surface area (Å²) in [6.45, 7) is 0. The first-order chi connectivity index (χ1) is 11.0. The van der Waals surface area contributed by atoms with Crippen LogP contribution in [0.2, 0.25) is 5.02 Å². The average Bonchev–Trinajstić information content (AvgIpc) is 2.89. The number of amides is 1. The SMILES string of the molecule is O=C1NC(c2ccc(Cl)c([N+](=O)[O-])c2)=N/C1=C\c1ccccc1. The number of nitro benzene ring substituents is 1. The molecule has 23 heavy (non-hydrogen) atoms. The summed E-state index contributed by atoms with van der Waals surface area (Å²) < 4.78 is 0. The van der Waals surface area contributed by atoms with Crippen LogP contribution in [-0.2, 0) is 4.79 Å². The standard InChI is InChI=1S/C16H10ClN3O3/c17-12-7-6-11(9-14(12)20(22)23)15-18-13(16(21)19-15)8-10-4-2-1-3-5-10/h1-9H,(H,18,19,21)/b13-8-. The molecule has 0 spiro atoms. The maximum atomic E-state index is 12.0. The van der Waals surface area contributed by atoms with Gasteiger partial charge in [0, 0.05) is 11.6 Å². The number of halogens is 1. The fourth-order valence-electron chi connectivity index (χ4n) is 2.11. The number of aliphatic imine (C=N–C) groups is 1. The predicted molar refractivity (Wildman–Crippen MR) is 87.2 cm³/mol. The van der Waals surface area contributed by atoms with Crippen LogP contribution in [0.5, 0.6) is 0 Å². The number of carbonyl (C=O) groups is 1. The Kier molecular flexibility index (Phi) is 3.91. The molecule has 7 heteroatoms. The highest BCUT2D eigenvalue weighted by molar-refractivity contribution is 6.33. The number of hydrogen-bond acceptors (Lipinski definition) is 4. The molecule has 2 aromatic carbocycles. The van der Waals surface area contributed by atoms with Gasteiger partial charge in [-0.15, -0.1) is 0 Å². The van der Waals surface area contributed by atoms with Crippen molar-refractivity contribution >= 4 is 35.1 Å². The van der Waals surface area contributed by atoms with Crippen LogP contribution in [0.25, 0.3) is 6.08 Å². The Morgan fingerprint density at radius 3 is 2.61 bits per heavy atom. The summed E-state index contributed by atoms with van der Waals surface area (Å²) in [6.07, 6.45) is 1.65. The molecule has 0 atom stereocenters. The fraction of sp³-hybridized carbons (Fsp3) is 0. The number of benzene rings is 2. The molecule has 0 fully saturated rings. The second kappa shape index (κ2) is 6.02. The average molecular weight is 328 g/mol. The van der Waals surface area contributed by atoms with Gasteiger partial charge in [0.1, 0.15) is 16.6 Å². The van der Waals surface area contributed by atoms with Gasteiger partial charge in [-0.2, -0.15) is 0 Å². The van der Waals surface area contributed by atoms with Gasteiger partial charge in [-0.1, -0.05) is 41.9 Å². The first-order valence-electron chi connectivity index (χ1n) is 6.66. The number of nitrogens with zero attached hydrogens (tertiary/aromatic N) is 2. The minimum absolute atomic E-state index is 0.0312. The smallest absolute Gasteiger partial charge is 0.288 e. The van der Waals surface area contributed by atoms with Crippen molar-refractivity contribution < 1.29 is 9.72 Å². The van der Waals surface area contributed by atoms with Crippen molar-refractivity contribution in [3.63, 3.8) is 0 Å². The second-order valence-corrected chi connectivity index (χ2v) is 5.19. The molecule has 0 saturated carbocycles. The molecule has 1 N–H and O–H groups in total. The number of nitro groups is 1. The third-order valence-electron chi connectivity index (χ3n) is 3.22. The monoisotopic (exact) mass is 327 g/mol. The highest BCUT2D eigenvalue weighted by atomic mass is 35.5. The summed E-state index contributed by atoms with van der Waals surface area (Å²) in [7, 11) is 0. The maximum Gasteiger partial charge on any atom is 0.288 e. The molecule has 0 aromatic heterocycles. The molecule has 2 aromatic rings. The topological polar surface area (TPSA) is 84.6 Å². The predicted octanol–water partition coefficient (Wildman–Crippen LogP) is 3.17. The van der Waals surface area contributed by atoms with E-state index in [2.05, 4.69) is 10.3 Å². The Balaban J connectivity index is 1.97. The van der Waals surface area contributed by atoms with Crippen LogP contribution >= 0.6 is 11.6 Å². The van der Waals surface area contributed by atoms with Crippen molar-refractivity contribution in [3.05, 3.63) is 80.5 Å². The minimum Gasteiger partial charge on any atom is -0.305 e. The van der Waals surface area contributed by atoms with Gasteiger partial charge < -0.3 is 5.32 Å². The van der Waals surface area contributed by atoms with E-state index in [-0.39, 0.29) is 28.1 Å². The largest absolute Gasteiger partial charge is 0.305 e. The number of rotatable bonds is 3. The zero-order valence-corrected chi connectivity index (χ0v) is 12.4. The highest BCUT2D eigenvalue weighted by Crippen LogP contribution is 2.26. The Bertz CT molecular complexity index is 860. The number of hydrogen-bond donors (Lipinski definition) is 1. The molecule has 114 valence electrons. The van der Waals surface area contributed by atoms with Crippen molar-refractivity contribution in [3.8, 4) is 0 Å². The number of amidine groups is 1. The molecule has 3 rings (SSSR count). The summed E-state index contributed by atoms with van der Waals surface area (Å²) in [5, 5.41) is 13.6. The molecule has 0 unspecified atom stereocenters. The second-order valence-electron chi connectivity index (χ2n) is 4.78. The Hall–Kier alpha value is -2.99. The van der Waals surface area contributed by atoms with Gasteiger partial charge in [0.15, 0.2) is 0 Å². The van der Waals surface area contributed by atoms with E-state index < -0.39 is 4.92 Å². The van der Waals surface area contributed by atoms with E-state index >= 15 is 0 Å². The van der Waals surface area contributed by atoms with E-state index in [0.29, 0.717) is 5.56 Å². The van der Waals surface area contributed by atoms with Crippen molar-refractivity contribution in [2.75, 3.05) is 0 Å².